The van der Waals surface area contributed by atoms with E-state index in [-0.39, 0.29) is 29.9 Å². The fourth-order valence-corrected chi connectivity index (χ4v) is 4.80. The summed E-state index contributed by atoms with van der Waals surface area (Å²) in [5, 5.41) is 9.89. The van der Waals surface area contributed by atoms with E-state index in [1.165, 1.54) is 11.0 Å². The van der Waals surface area contributed by atoms with Crippen molar-refractivity contribution in [1.29, 1.82) is 5.26 Å². The molecule has 0 bridgehead atoms. The van der Waals surface area contributed by atoms with Crippen LogP contribution in [0.5, 0.6) is 0 Å². The van der Waals surface area contributed by atoms with Crippen LogP contribution in [0.3, 0.4) is 0 Å². The highest BCUT2D eigenvalue weighted by Gasteiger charge is 2.25. The minimum absolute atomic E-state index is 0. The third-order valence-corrected chi connectivity index (χ3v) is 6.82. The van der Waals surface area contributed by atoms with Gasteiger partial charge in [0, 0.05) is 69.4 Å². The first-order chi connectivity index (χ1) is 17.9. The van der Waals surface area contributed by atoms with Crippen LogP contribution in [-0.2, 0) is 4.74 Å². The number of amides is 1. The molecule has 0 aliphatic carbocycles. The van der Waals surface area contributed by atoms with Crippen molar-refractivity contribution in [1.82, 2.24) is 9.88 Å². The molecule has 2 aromatic heterocycles. The van der Waals surface area contributed by atoms with Crippen LogP contribution in [0.4, 0.5) is 10.1 Å². The summed E-state index contributed by atoms with van der Waals surface area (Å²) in [6, 6.07) is 16.2. The quantitative estimate of drug-likeness (QED) is 0.316. The van der Waals surface area contributed by atoms with Gasteiger partial charge in [-0.2, -0.15) is 5.26 Å². The maximum Gasteiger partial charge on any atom is 0.253 e. The van der Waals surface area contributed by atoms with Crippen molar-refractivity contribution in [3.8, 4) is 28.5 Å². The number of nitriles is 1. The van der Waals surface area contributed by atoms with E-state index in [1.54, 1.807) is 44.6 Å². The van der Waals surface area contributed by atoms with E-state index in [0.717, 1.165) is 18.4 Å². The number of halogens is 2. The standard InChI is InChI=1S/C29H27FN4O3.ClH/c1-33(2)29(35)19-6-4-18(5-7-19)26-16-25-28(37-26)23(8-11-32-25)20-14-21(17-31)27(24(30)15-20)34(3)22-9-12-36-13-10-22;/h4-8,11,14-16,22H,9-10,12-13H2,1-3H3;1H. The zero-order valence-corrected chi connectivity index (χ0v) is 22.2. The van der Waals surface area contributed by atoms with Gasteiger partial charge < -0.3 is 19.0 Å². The van der Waals surface area contributed by atoms with Crippen LogP contribution in [0.25, 0.3) is 33.6 Å². The number of fused-ring (bicyclic) bond motifs is 1. The van der Waals surface area contributed by atoms with E-state index in [4.69, 9.17) is 9.15 Å². The lowest BCUT2D eigenvalue weighted by molar-refractivity contribution is 0.0827. The Kier molecular flexibility index (Phi) is 8.00. The van der Waals surface area contributed by atoms with Crippen molar-refractivity contribution in [2.24, 2.45) is 0 Å². The largest absolute Gasteiger partial charge is 0.454 e. The monoisotopic (exact) mass is 534 g/mol. The number of carbonyl (C=O) groups is 1. The average molecular weight is 535 g/mol. The molecule has 0 spiro atoms. The number of hydrogen-bond acceptors (Lipinski definition) is 6. The van der Waals surface area contributed by atoms with Gasteiger partial charge in [0.2, 0.25) is 0 Å². The van der Waals surface area contributed by atoms with Crippen LogP contribution in [0.2, 0.25) is 0 Å². The molecule has 38 heavy (non-hydrogen) atoms. The van der Waals surface area contributed by atoms with E-state index in [9.17, 15) is 10.1 Å². The number of carbonyl (C=O) groups excluding carboxylic acids is 1. The summed E-state index contributed by atoms with van der Waals surface area (Å²) < 4.78 is 27.1. The normalized spacial score (nSPS) is 13.6. The number of hydrogen-bond donors (Lipinski definition) is 0. The highest BCUT2D eigenvalue weighted by molar-refractivity contribution is 5.95. The lowest BCUT2D eigenvalue weighted by atomic mass is 9.99. The van der Waals surface area contributed by atoms with Crippen LogP contribution in [-0.4, -0.2) is 56.2 Å². The Morgan fingerprint density at radius 2 is 1.76 bits per heavy atom. The maximum absolute atomic E-state index is 15.5. The zero-order valence-electron chi connectivity index (χ0n) is 21.4. The molecule has 2 aromatic carbocycles. The summed E-state index contributed by atoms with van der Waals surface area (Å²) in [4.78, 5) is 20.0. The second-order valence-corrected chi connectivity index (χ2v) is 9.38. The fourth-order valence-electron chi connectivity index (χ4n) is 4.80. The summed E-state index contributed by atoms with van der Waals surface area (Å²) in [5.74, 6) is 0.0397. The summed E-state index contributed by atoms with van der Waals surface area (Å²) in [6.07, 6.45) is 3.21. The Balaban J connectivity index is 0.00000336. The first-order valence-electron chi connectivity index (χ1n) is 12.1. The molecule has 9 heteroatoms. The molecule has 0 saturated carbocycles. The number of nitrogens with zero attached hydrogens (tertiary/aromatic N) is 4. The smallest absolute Gasteiger partial charge is 0.253 e. The van der Waals surface area contributed by atoms with Crippen LogP contribution in [0, 0.1) is 17.1 Å². The summed E-state index contributed by atoms with van der Waals surface area (Å²) in [7, 11) is 5.24. The first kappa shape index (κ1) is 27.1. The van der Waals surface area contributed by atoms with Crippen molar-refractivity contribution in [3.63, 3.8) is 0 Å². The zero-order chi connectivity index (χ0) is 26.1. The van der Waals surface area contributed by atoms with Gasteiger partial charge in [-0.1, -0.05) is 12.1 Å². The fraction of sp³-hybridized carbons (Fsp3) is 0.276. The van der Waals surface area contributed by atoms with Gasteiger partial charge in [0.25, 0.3) is 5.91 Å². The molecule has 3 heterocycles. The van der Waals surface area contributed by atoms with Gasteiger partial charge in [0.05, 0.1) is 11.3 Å². The molecule has 0 N–H and O–H groups in total. The van der Waals surface area contributed by atoms with Gasteiger partial charge in [-0.05, 0) is 48.7 Å². The van der Waals surface area contributed by atoms with Crippen LogP contribution in [0.1, 0.15) is 28.8 Å². The Bertz CT molecular complexity index is 1510. The van der Waals surface area contributed by atoms with Crippen molar-refractivity contribution >= 4 is 35.1 Å². The number of pyridine rings is 1. The minimum Gasteiger partial charge on any atom is -0.454 e. The van der Waals surface area contributed by atoms with Crippen molar-refractivity contribution in [3.05, 3.63) is 71.7 Å². The Hall–Kier alpha value is -3.93. The van der Waals surface area contributed by atoms with Gasteiger partial charge in [-0.15, -0.1) is 12.4 Å². The van der Waals surface area contributed by atoms with Crippen LogP contribution in [0.15, 0.2) is 59.1 Å². The molecule has 1 aliphatic rings. The van der Waals surface area contributed by atoms with Crippen LogP contribution >= 0.6 is 12.4 Å². The molecule has 4 aromatic rings. The Morgan fingerprint density at radius 1 is 1.05 bits per heavy atom. The third kappa shape index (κ3) is 5.08. The molecule has 1 aliphatic heterocycles. The van der Waals surface area contributed by atoms with E-state index in [0.29, 0.717) is 52.5 Å². The molecule has 1 fully saturated rings. The summed E-state index contributed by atoms with van der Waals surface area (Å²) in [6.45, 7) is 1.25. The Morgan fingerprint density at radius 3 is 2.42 bits per heavy atom. The SMILES string of the molecule is CN(C)C(=O)c1ccc(-c2cc3nccc(-c4cc(F)c(N(C)C5CCOCC5)c(C#N)c4)c3o2)cc1.Cl. The van der Waals surface area contributed by atoms with E-state index >= 15 is 4.39 Å². The number of benzene rings is 2. The third-order valence-electron chi connectivity index (χ3n) is 6.82. The van der Waals surface area contributed by atoms with E-state index < -0.39 is 5.82 Å². The van der Waals surface area contributed by atoms with Gasteiger partial charge in [0.1, 0.15) is 23.2 Å². The topological polar surface area (TPSA) is 82.6 Å². The lowest BCUT2D eigenvalue weighted by Gasteiger charge is -2.33. The van der Waals surface area contributed by atoms with Gasteiger partial charge in [-0.25, -0.2) is 4.39 Å². The molecule has 5 rings (SSSR count). The predicted molar refractivity (Wildman–Crippen MR) is 147 cm³/mol. The molecule has 1 saturated heterocycles. The number of ether oxygens (including phenoxy) is 1. The van der Waals surface area contributed by atoms with Gasteiger partial charge >= 0.3 is 0 Å². The Labute approximate surface area is 226 Å². The van der Waals surface area contributed by atoms with E-state index in [1.807, 2.05) is 30.1 Å². The number of anilines is 1. The highest BCUT2D eigenvalue weighted by Crippen LogP contribution is 2.37. The second-order valence-electron chi connectivity index (χ2n) is 9.38. The van der Waals surface area contributed by atoms with Crippen molar-refractivity contribution < 1.29 is 18.3 Å². The average Bonchev–Trinajstić information content (AvgIpc) is 3.37. The predicted octanol–water partition coefficient (Wildman–Crippen LogP) is 5.91. The molecule has 1 amide bonds. The second kappa shape index (κ2) is 11.2. The molecular weight excluding hydrogens is 507 g/mol. The molecule has 0 unspecified atom stereocenters. The molecule has 0 radical (unpaired) electrons. The molecule has 7 nitrogen and oxygen atoms in total. The van der Waals surface area contributed by atoms with Gasteiger partial charge in [0.15, 0.2) is 5.58 Å². The lowest BCUT2D eigenvalue weighted by Crippen LogP contribution is -2.37. The highest BCUT2D eigenvalue weighted by atomic mass is 35.5. The van der Waals surface area contributed by atoms with Gasteiger partial charge in [-0.3, -0.25) is 9.78 Å². The number of rotatable bonds is 5. The van der Waals surface area contributed by atoms with Crippen molar-refractivity contribution in [2.75, 3.05) is 39.3 Å². The van der Waals surface area contributed by atoms with E-state index in [2.05, 4.69) is 11.1 Å². The summed E-state index contributed by atoms with van der Waals surface area (Å²) >= 11 is 0. The molecular formula is C29H28ClFN4O3. The van der Waals surface area contributed by atoms with Crippen molar-refractivity contribution in [2.45, 2.75) is 18.9 Å². The number of furan rings is 1. The van der Waals surface area contributed by atoms with Crippen LogP contribution < -0.4 is 4.90 Å². The molecule has 0 atom stereocenters. The molecule has 196 valence electrons. The summed E-state index contributed by atoms with van der Waals surface area (Å²) in [5.41, 5.74) is 4.23. The maximum atomic E-state index is 15.5. The minimum atomic E-state index is -0.457. The number of aromatic nitrogens is 1. The first-order valence-corrected chi connectivity index (χ1v) is 12.1.